The second kappa shape index (κ2) is 7.49. The number of amides is 1. The summed E-state index contributed by atoms with van der Waals surface area (Å²) < 4.78 is 36.1. The van der Waals surface area contributed by atoms with E-state index in [1.165, 1.54) is 19.8 Å². The minimum Gasteiger partial charge on any atom is -0.493 e. The molecule has 8 nitrogen and oxygen atoms in total. The van der Waals surface area contributed by atoms with Gasteiger partial charge in [0, 0.05) is 13.0 Å². The quantitative estimate of drug-likeness (QED) is 0.631. The number of carbonyl (C=O) groups excluding carboxylic acids is 1. The molecule has 148 valence electrons. The fourth-order valence-corrected chi connectivity index (χ4v) is 2.67. The molecule has 9 heteroatoms. The molecule has 2 heterocycles. The number of rotatable bonds is 8. The van der Waals surface area contributed by atoms with E-state index >= 15 is 0 Å². The number of hydrogen-bond donors (Lipinski definition) is 1. The van der Waals surface area contributed by atoms with Crippen molar-refractivity contribution in [3.63, 3.8) is 0 Å². The number of fused-ring (bicyclic) bond motifs is 1. The average molecular weight is 389 g/mol. The average Bonchev–Trinajstić information content (AvgIpc) is 3.27. The van der Waals surface area contributed by atoms with Gasteiger partial charge in [-0.1, -0.05) is 0 Å². The number of carbonyl (C=O) groups is 1. The molecule has 1 atom stereocenters. The number of nitrogens with one attached hydrogen (secondary N) is 1. The van der Waals surface area contributed by atoms with Crippen LogP contribution in [0.25, 0.3) is 22.8 Å². The van der Waals surface area contributed by atoms with Crippen molar-refractivity contribution in [3.8, 4) is 23.3 Å². The van der Waals surface area contributed by atoms with Crippen LogP contribution in [0.4, 0.5) is 4.39 Å². The van der Waals surface area contributed by atoms with Gasteiger partial charge in [-0.3, -0.25) is 4.79 Å². The van der Waals surface area contributed by atoms with E-state index in [1.54, 1.807) is 25.1 Å². The van der Waals surface area contributed by atoms with Crippen LogP contribution in [0.15, 0.2) is 27.1 Å². The van der Waals surface area contributed by atoms with Gasteiger partial charge in [0.2, 0.25) is 11.7 Å². The first kappa shape index (κ1) is 18.3. The molecular weight excluding hydrogens is 369 g/mol. The van der Waals surface area contributed by atoms with Gasteiger partial charge in [0.15, 0.2) is 5.58 Å². The molecule has 0 spiro atoms. The molecule has 0 bridgehead atoms. The minimum absolute atomic E-state index is 0.0379. The lowest BCUT2D eigenvalue weighted by Crippen LogP contribution is -2.35. The molecule has 1 aromatic carbocycles. The van der Waals surface area contributed by atoms with E-state index in [2.05, 4.69) is 15.5 Å². The van der Waals surface area contributed by atoms with Crippen LogP contribution >= 0.6 is 0 Å². The summed E-state index contributed by atoms with van der Waals surface area (Å²) in [5.41, 5.74) is 1.01. The Morgan fingerprint density at radius 3 is 2.96 bits per heavy atom. The smallest absolute Gasteiger partial charge is 0.291 e. The third-order valence-corrected chi connectivity index (χ3v) is 4.26. The number of halogens is 1. The van der Waals surface area contributed by atoms with E-state index < -0.39 is 5.82 Å². The number of nitrogens with zero attached hydrogens (tertiary/aromatic N) is 2. The molecule has 1 fully saturated rings. The molecular formula is C19H20FN3O5. The Labute approximate surface area is 160 Å². The third-order valence-electron chi connectivity index (χ3n) is 4.26. The second-order valence-electron chi connectivity index (χ2n) is 6.95. The largest absolute Gasteiger partial charge is 0.493 e. The van der Waals surface area contributed by atoms with Crippen molar-refractivity contribution in [1.82, 2.24) is 15.5 Å². The Morgan fingerprint density at radius 2 is 2.21 bits per heavy atom. The number of hydrogen-bond acceptors (Lipinski definition) is 7. The standard InChI is InChI=1S/C19H20FN3O5/c1-10(21-11(2)24)8-26-18-16(20)17(28-23-18)19-22-14-7-13(5-6-15(14)27-19)25-9-12-3-4-12/h5-7,10,12H,3-4,8-9H2,1-2H3,(H,21,24)/t10-/m0/s1. The highest BCUT2D eigenvalue weighted by Gasteiger charge is 2.25. The lowest BCUT2D eigenvalue weighted by molar-refractivity contribution is -0.119. The van der Waals surface area contributed by atoms with Gasteiger partial charge >= 0.3 is 0 Å². The number of benzene rings is 1. The van der Waals surface area contributed by atoms with Crippen LogP contribution in [-0.4, -0.2) is 35.3 Å². The molecule has 4 rings (SSSR count). The van der Waals surface area contributed by atoms with E-state index in [4.69, 9.17) is 18.4 Å². The minimum atomic E-state index is -0.813. The normalized spacial score (nSPS) is 14.8. The first-order valence-electron chi connectivity index (χ1n) is 9.08. The van der Waals surface area contributed by atoms with Crippen LogP contribution in [0.2, 0.25) is 0 Å². The summed E-state index contributed by atoms with van der Waals surface area (Å²) in [4.78, 5) is 15.3. The molecule has 28 heavy (non-hydrogen) atoms. The maximum Gasteiger partial charge on any atom is 0.291 e. The molecule has 0 saturated heterocycles. The topological polar surface area (TPSA) is 99.6 Å². The van der Waals surface area contributed by atoms with Gasteiger partial charge in [0.05, 0.1) is 12.6 Å². The Hall–Kier alpha value is -3.10. The molecule has 1 amide bonds. The van der Waals surface area contributed by atoms with E-state index in [0.717, 1.165) is 0 Å². The van der Waals surface area contributed by atoms with Crippen molar-refractivity contribution in [3.05, 3.63) is 24.0 Å². The molecule has 3 aromatic rings. The number of oxazole rings is 1. The number of aromatic nitrogens is 2. The molecule has 1 aliphatic carbocycles. The Morgan fingerprint density at radius 1 is 1.39 bits per heavy atom. The Kier molecular flexibility index (Phi) is 4.89. The number of ether oxygens (including phenoxy) is 2. The van der Waals surface area contributed by atoms with E-state index in [0.29, 0.717) is 29.4 Å². The van der Waals surface area contributed by atoms with Crippen molar-refractivity contribution in [2.24, 2.45) is 5.92 Å². The van der Waals surface area contributed by atoms with Gasteiger partial charge in [0.25, 0.3) is 17.5 Å². The first-order valence-corrected chi connectivity index (χ1v) is 9.08. The molecule has 0 unspecified atom stereocenters. The zero-order valence-corrected chi connectivity index (χ0v) is 15.5. The fourth-order valence-electron chi connectivity index (χ4n) is 2.67. The van der Waals surface area contributed by atoms with Crippen LogP contribution in [0.5, 0.6) is 11.6 Å². The third kappa shape index (κ3) is 4.08. The molecule has 0 aliphatic heterocycles. The highest BCUT2D eigenvalue weighted by Crippen LogP contribution is 2.33. The lowest BCUT2D eigenvalue weighted by atomic mass is 10.3. The summed E-state index contributed by atoms with van der Waals surface area (Å²) in [7, 11) is 0. The van der Waals surface area contributed by atoms with Gasteiger partial charge in [-0.25, -0.2) is 4.98 Å². The van der Waals surface area contributed by atoms with E-state index in [1.807, 2.05) is 0 Å². The Bertz CT molecular complexity index is 995. The monoisotopic (exact) mass is 389 g/mol. The maximum atomic E-state index is 14.6. The van der Waals surface area contributed by atoms with Crippen molar-refractivity contribution in [1.29, 1.82) is 0 Å². The summed E-state index contributed by atoms with van der Waals surface area (Å²) in [5, 5.41) is 6.20. The summed E-state index contributed by atoms with van der Waals surface area (Å²) >= 11 is 0. The molecule has 1 saturated carbocycles. The molecule has 1 aliphatic rings. The van der Waals surface area contributed by atoms with Crippen molar-refractivity contribution in [2.75, 3.05) is 13.2 Å². The van der Waals surface area contributed by atoms with Crippen molar-refractivity contribution in [2.45, 2.75) is 32.7 Å². The van der Waals surface area contributed by atoms with Gasteiger partial charge < -0.3 is 23.7 Å². The van der Waals surface area contributed by atoms with Crippen molar-refractivity contribution >= 4 is 17.0 Å². The highest BCUT2D eigenvalue weighted by molar-refractivity contribution is 5.77. The zero-order chi connectivity index (χ0) is 19.7. The van der Waals surface area contributed by atoms with E-state index in [-0.39, 0.29) is 36.1 Å². The van der Waals surface area contributed by atoms with Gasteiger partial charge in [-0.15, -0.1) is 0 Å². The summed E-state index contributed by atoms with van der Waals surface area (Å²) in [6.45, 7) is 3.84. The predicted octanol–water partition coefficient (Wildman–Crippen LogP) is 3.31. The lowest BCUT2D eigenvalue weighted by Gasteiger charge is -2.11. The predicted molar refractivity (Wildman–Crippen MR) is 96.5 cm³/mol. The van der Waals surface area contributed by atoms with Gasteiger partial charge in [-0.2, -0.15) is 4.39 Å². The van der Waals surface area contributed by atoms with E-state index in [9.17, 15) is 9.18 Å². The molecule has 2 aromatic heterocycles. The fraction of sp³-hybridized carbons (Fsp3) is 0.421. The van der Waals surface area contributed by atoms with Crippen LogP contribution in [0, 0.1) is 11.7 Å². The molecule has 0 radical (unpaired) electrons. The summed E-state index contributed by atoms with van der Waals surface area (Å²) in [6, 6.07) is 4.93. The molecule has 1 N–H and O–H groups in total. The SMILES string of the molecule is CC(=O)N[C@@H](C)COc1noc(-c2nc3cc(OCC4CC4)ccc3o2)c1F. The highest BCUT2D eigenvalue weighted by atomic mass is 19.1. The maximum absolute atomic E-state index is 14.6. The van der Waals surface area contributed by atoms with Crippen LogP contribution in [0.3, 0.4) is 0 Å². The zero-order valence-electron chi connectivity index (χ0n) is 15.5. The summed E-state index contributed by atoms with van der Waals surface area (Å²) in [6.07, 6.45) is 2.41. The second-order valence-corrected chi connectivity index (χ2v) is 6.95. The van der Waals surface area contributed by atoms with Crippen LogP contribution in [-0.2, 0) is 4.79 Å². The van der Waals surface area contributed by atoms with Gasteiger partial charge in [0.1, 0.15) is 17.9 Å². The van der Waals surface area contributed by atoms with Crippen LogP contribution in [0.1, 0.15) is 26.7 Å². The Balaban J connectivity index is 1.48. The van der Waals surface area contributed by atoms with Gasteiger partial charge in [-0.05, 0) is 43.0 Å². The summed E-state index contributed by atoms with van der Waals surface area (Å²) in [5.74, 6) is -0.297. The van der Waals surface area contributed by atoms with Crippen molar-refractivity contribution < 1.29 is 27.6 Å². The van der Waals surface area contributed by atoms with Crippen LogP contribution < -0.4 is 14.8 Å². The first-order chi connectivity index (χ1) is 13.5.